The molecule has 0 saturated heterocycles. The third-order valence-electron chi connectivity index (χ3n) is 0.397. The molecule has 0 spiro atoms. The Morgan fingerprint density at radius 1 is 2.00 bits per heavy atom. The van der Waals surface area contributed by atoms with Crippen LogP contribution in [-0.2, 0) is 9.09 Å². The molecule has 0 aliphatic rings. The molecule has 0 heterocycles. The van der Waals surface area contributed by atoms with Gasteiger partial charge in [-0.05, 0) is 6.08 Å². The highest BCUT2D eigenvalue weighted by atomic mass is 31.1. The summed E-state index contributed by atoms with van der Waals surface area (Å²) in [4.78, 5) is 0. The molecule has 0 fully saturated rings. The van der Waals surface area contributed by atoms with E-state index < -0.39 is 14.9 Å². The van der Waals surface area contributed by atoms with Crippen LogP contribution >= 0.6 is 8.69 Å². The quantitative estimate of drug-likeness (QED) is 0.337. The molecular formula is C3H6NO2P. The lowest BCUT2D eigenvalue weighted by Crippen LogP contribution is -2.15. The fourth-order valence-corrected chi connectivity index (χ4v) is 0.278. The molecule has 4 heteroatoms. The zero-order chi connectivity index (χ0) is 5.70. The lowest BCUT2D eigenvalue weighted by atomic mass is 10.6. The molecule has 0 saturated carbocycles. The summed E-state index contributed by atoms with van der Waals surface area (Å²) in [6.45, 7) is 3.29. The normalized spacial score (nSPS) is 13.9. The minimum atomic E-state index is -0.612. The Labute approximate surface area is 43.4 Å². The van der Waals surface area contributed by atoms with Crippen LogP contribution in [0.1, 0.15) is 0 Å². The Morgan fingerprint density at radius 3 is 2.71 bits per heavy atom. The van der Waals surface area contributed by atoms with Crippen molar-refractivity contribution in [3.8, 4) is 0 Å². The molecule has 0 aromatic heterocycles. The average Bonchev–Trinajstić information content (AvgIpc) is 1.68. The fourth-order valence-electron chi connectivity index (χ4n) is 0.0927. The SMILES string of the molecule is C=CC(N)OP=O. The molecule has 0 aliphatic carbocycles. The van der Waals surface area contributed by atoms with Crippen molar-refractivity contribution in [3.63, 3.8) is 0 Å². The summed E-state index contributed by atoms with van der Waals surface area (Å²) in [5, 5.41) is 0. The van der Waals surface area contributed by atoms with Gasteiger partial charge in [-0.15, -0.1) is 0 Å². The van der Waals surface area contributed by atoms with Crippen molar-refractivity contribution in [1.82, 2.24) is 0 Å². The summed E-state index contributed by atoms with van der Waals surface area (Å²) < 4.78 is 13.8. The summed E-state index contributed by atoms with van der Waals surface area (Å²) in [6, 6.07) is 0. The smallest absolute Gasteiger partial charge is 0.302 e. The van der Waals surface area contributed by atoms with Crippen LogP contribution in [-0.4, -0.2) is 6.23 Å². The summed E-state index contributed by atoms with van der Waals surface area (Å²) >= 11 is 0. The largest absolute Gasteiger partial charge is 0.329 e. The van der Waals surface area contributed by atoms with E-state index in [-0.39, 0.29) is 0 Å². The Kier molecular flexibility index (Phi) is 3.80. The number of nitrogens with two attached hydrogens (primary N) is 1. The topological polar surface area (TPSA) is 52.3 Å². The molecular weight excluding hydrogens is 113 g/mol. The van der Waals surface area contributed by atoms with E-state index in [2.05, 4.69) is 11.1 Å². The predicted molar refractivity (Wildman–Crippen MR) is 26.9 cm³/mol. The van der Waals surface area contributed by atoms with E-state index in [1.54, 1.807) is 0 Å². The van der Waals surface area contributed by atoms with E-state index in [1.165, 1.54) is 6.08 Å². The highest BCUT2D eigenvalue weighted by Crippen LogP contribution is 1.96. The van der Waals surface area contributed by atoms with Crippen LogP contribution in [0.5, 0.6) is 0 Å². The van der Waals surface area contributed by atoms with Gasteiger partial charge in [-0.1, -0.05) is 6.58 Å². The summed E-state index contributed by atoms with van der Waals surface area (Å²) in [6.07, 6.45) is 0.740. The highest BCUT2D eigenvalue weighted by Gasteiger charge is 1.90. The van der Waals surface area contributed by atoms with Crippen molar-refractivity contribution in [3.05, 3.63) is 12.7 Å². The van der Waals surface area contributed by atoms with Gasteiger partial charge in [-0.2, -0.15) is 0 Å². The van der Waals surface area contributed by atoms with E-state index in [4.69, 9.17) is 5.73 Å². The van der Waals surface area contributed by atoms with Crippen molar-refractivity contribution in [1.29, 1.82) is 0 Å². The van der Waals surface area contributed by atoms with Gasteiger partial charge in [0.2, 0.25) is 0 Å². The lowest BCUT2D eigenvalue weighted by Gasteiger charge is -1.94. The number of rotatable bonds is 3. The summed E-state index contributed by atoms with van der Waals surface area (Å²) in [7, 11) is -0.407. The van der Waals surface area contributed by atoms with Crippen LogP contribution < -0.4 is 5.73 Å². The maximum absolute atomic E-state index is 9.52. The van der Waals surface area contributed by atoms with E-state index in [9.17, 15) is 4.57 Å². The molecule has 7 heavy (non-hydrogen) atoms. The maximum Gasteiger partial charge on any atom is 0.329 e. The van der Waals surface area contributed by atoms with Gasteiger partial charge in [0.15, 0.2) is 0 Å². The number of hydrogen-bond donors (Lipinski definition) is 1. The van der Waals surface area contributed by atoms with Gasteiger partial charge in [0.25, 0.3) is 0 Å². The van der Waals surface area contributed by atoms with Crippen molar-refractivity contribution in [2.75, 3.05) is 0 Å². The third kappa shape index (κ3) is 3.59. The van der Waals surface area contributed by atoms with Gasteiger partial charge in [-0.3, -0.25) is 4.52 Å². The zero-order valence-electron chi connectivity index (χ0n) is 3.70. The minimum absolute atomic E-state index is 0.407. The number of hydrogen-bond acceptors (Lipinski definition) is 3. The van der Waals surface area contributed by atoms with Gasteiger partial charge >= 0.3 is 8.69 Å². The first-order chi connectivity index (χ1) is 3.31. The Bertz CT molecular complexity index is 75.3. The molecule has 0 amide bonds. The highest BCUT2D eigenvalue weighted by molar-refractivity contribution is 7.17. The van der Waals surface area contributed by atoms with Crippen molar-refractivity contribution in [2.24, 2.45) is 5.73 Å². The molecule has 0 aromatic carbocycles. The molecule has 0 aromatic rings. The van der Waals surface area contributed by atoms with E-state index >= 15 is 0 Å². The van der Waals surface area contributed by atoms with Crippen molar-refractivity contribution >= 4 is 8.69 Å². The Balaban J connectivity index is 3.15. The van der Waals surface area contributed by atoms with E-state index in [0.717, 1.165) is 0 Å². The van der Waals surface area contributed by atoms with Gasteiger partial charge in [0.05, 0.1) is 0 Å². The zero-order valence-corrected chi connectivity index (χ0v) is 4.60. The second-order valence-corrected chi connectivity index (χ2v) is 1.24. The van der Waals surface area contributed by atoms with Gasteiger partial charge in [0.1, 0.15) is 6.23 Å². The Hall–Kier alpha value is -0.240. The maximum atomic E-state index is 9.52. The fraction of sp³-hybridized carbons (Fsp3) is 0.333. The van der Waals surface area contributed by atoms with Crippen LogP contribution in [0.4, 0.5) is 0 Å². The minimum Gasteiger partial charge on any atom is -0.302 e. The van der Waals surface area contributed by atoms with Crippen LogP contribution in [0, 0.1) is 0 Å². The molecule has 1 atom stereocenters. The van der Waals surface area contributed by atoms with E-state index in [0.29, 0.717) is 0 Å². The summed E-state index contributed by atoms with van der Waals surface area (Å²) in [5.41, 5.74) is 5.04. The standard InChI is InChI=1S/C3H6NO2P/c1-2-3(4)6-7-5/h2-3H,1,4H2. The van der Waals surface area contributed by atoms with Crippen LogP contribution in [0.3, 0.4) is 0 Å². The first kappa shape index (κ1) is 6.76. The van der Waals surface area contributed by atoms with Gasteiger partial charge in [-0.25, -0.2) is 4.57 Å². The van der Waals surface area contributed by atoms with Crippen molar-refractivity contribution < 1.29 is 9.09 Å². The first-order valence-electron chi connectivity index (χ1n) is 1.68. The molecule has 0 rings (SSSR count). The molecule has 3 nitrogen and oxygen atoms in total. The predicted octanol–water partition coefficient (Wildman–Crippen LogP) is 0.680. The molecule has 1 unspecified atom stereocenters. The molecule has 0 bridgehead atoms. The summed E-state index contributed by atoms with van der Waals surface area (Å²) in [5.74, 6) is 0. The Morgan fingerprint density at radius 2 is 2.57 bits per heavy atom. The van der Waals surface area contributed by atoms with Gasteiger partial charge < -0.3 is 5.73 Å². The molecule has 0 aliphatic heterocycles. The van der Waals surface area contributed by atoms with Gasteiger partial charge in [0, 0.05) is 0 Å². The second kappa shape index (κ2) is 3.93. The second-order valence-electron chi connectivity index (χ2n) is 0.880. The van der Waals surface area contributed by atoms with Crippen molar-refractivity contribution in [2.45, 2.75) is 6.23 Å². The molecule has 0 radical (unpaired) electrons. The lowest BCUT2D eigenvalue weighted by molar-refractivity contribution is 0.283. The molecule has 40 valence electrons. The van der Waals surface area contributed by atoms with E-state index in [1.807, 2.05) is 0 Å². The van der Waals surface area contributed by atoms with Crippen LogP contribution in [0.2, 0.25) is 0 Å². The molecule has 2 N–H and O–H groups in total. The average molecular weight is 119 g/mol. The first-order valence-corrected chi connectivity index (χ1v) is 2.41. The van der Waals surface area contributed by atoms with Crippen LogP contribution in [0.25, 0.3) is 0 Å². The monoisotopic (exact) mass is 119 g/mol. The third-order valence-corrected chi connectivity index (χ3v) is 0.727. The van der Waals surface area contributed by atoms with Crippen LogP contribution in [0.15, 0.2) is 12.7 Å².